The highest BCUT2D eigenvalue weighted by Crippen LogP contribution is 2.40. The van der Waals surface area contributed by atoms with Gasteiger partial charge in [0.25, 0.3) is 5.91 Å². The lowest BCUT2D eigenvalue weighted by Crippen LogP contribution is -2.32. The standard InChI is InChI=1S/C16H16ClN3O2/c1-9-8-19(3)14-13(9)20(16(22)10(2)17)12-7-5-4-6-11(12)18-15(14)21/h4-8,10H,1-3H3,(H,18,21). The van der Waals surface area contributed by atoms with Crippen molar-refractivity contribution < 1.29 is 9.59 Å². The summed E-state index contributed by atoms with van der Waals surface area (Å²) in [5.74, 6) is -0.503. The van der Waals surface area contributed by atoms with Crippen molar-refractivity contribution in [3.8, 4) is 0 Å². The Kier molecular flexibility index (Phi) is 3.45. The number of hydrogen-bond donors (Lipinski definition) is 1. The number of nitrogens with zero attached hydrogens (tertiary/aromatic N) is 2. The molecule has 5 nitrogen and oxygen atoms in total. The second kappa shape index (κ2) is 5.18. The van der Waals surface area contributed by atoms with E-state index in [0.717, 1.165) is 5.56 Å². The molecule has 114 valence electrons. The summed E-state index contributed by atoms with van der Waals surface area (Å²) in [6.07, 6.45) is 1.83. The van der Waals surface area contributed by atoms with Gasteiger partial charge in [-0.05, 0) is 31.5 Å². The maximum absolute atomic E-state index is 12.7. The first-order chi connectivity index (χ1) is 10.4. The molecule has 0 aliphatic carbocycles. The van der Waals surface area contributed by atoms with Crippen LogP contribution in [0.1, 0.15) is 23.0 Å². The maximum atomic E-state index is 12.7. The first kappa shape index (κ1) is 14.7. The van der Waals surface area contributed by atoms with E-state index in [4.69, 9.17) is 11.6 Å². The number of alkyl halides is 1. The molecule has 6 heteroatoms. The predicted molar refractivity (Wildman–Crippen MR) is 87.0 cm³/mol. The van der Waals surface area contributed by atoms with Crippen molar-refractivity contribution in [1.29, 1.82) is 0 Å². The summed E-state index contributed by atoms with van der Waals surface area (Å²) in [7, 11) is 1.79. The molecule has 0 fully saturated rings. The van der Waals surface area contributed by atoms with Crippen molar-refractivity contribution in [2.45, 2.75) is 19.2 Å². The Hall–Kier alpha value is -2.27. The molecule has 0 bridgehead atoms. The molecule has 1 aliphatic rings. The molecule has 2 heterocycles. The molecule has 1 aliphatic heterocycles. The fourth-order valence-electron chi connectivity index (χ4n) is 2.80. The molecule has 22 heavy (non-hydrogen) atoms. The quantitative estimate of drug-likeness (QED) is 0.821. The highest BCUT2D eigenvalue weighted by atomic mass is 35.5. The molecule has 1 aromatic heterocycles. The number of rotatable bonds is 1. The van der Waals surface area contributed by atoms with E-state index < -0.39 is 5.38 Å². The Morgan fingerprint density at radius 3 is 2.68 bits per heavy atom. The van der Waals surface area contributed by atoms with Gasteiger partial charge in [-0.25, -0.2) is 0 Å². The molecule has 1 atom stereocenters. The lowest BCUT2D eigenvalue weighted by atomic mass is 10.2. The number of benzene rings is 1. The van der Waals surface area contributed by atoms with Gasteiger partial charge in [-0.15, -0.1) is 11.6 Å². The number of anilines is 3. The van der Waals surface area contributed by atoms with Crippen molar-refractivity contribution in [2.75, 3.05) is 10.2 Å². The summed E-state index contributed by atoms with van der Waals surface area (Å²) in [5.41, 5.74) is 3.09. The van der Waals surface area contributed by atoms with Gasteiger partial charge in [-0.3, -0.25) is 14.5 Å². The van der Waals surface area contributed by atoms with E-state index in [9.17, 15) is 9.59 Å². The fraction of sp³-hybridized carbons (Fsp3) is 0.250. The van der Waals surface area contributed by atoms with Crippen LogP contribution in [-0.4, -0.2) is 21.8 Å². The number of para-hydroxylation sites is 2. The van der Waals surface area contributed by atoms with Crippen molar-refractivity contribution in [3.05, 3.63) is 41.7 Å². The number of hydrogen-bond acceptors (Lipinski definition) is 2. The molecule has 0 radical (unpaired) electrons. The third-order valence-corrected chi connectivity index (χ3v) is 3.92. The van der Waals surface area contributed by atoms with Crippen LogP contribution in [0.3, 0.4) is 0 Å². The van der Waals surface area contributed by atoms with Crippen LogP contribution in [0.25, 0.3) is 0 Å². The highest BCUT2D eigenvalue weighted by molar-refractivity contribution is 6.34. The third kappa shape index (κ3) is 2.09. The van der Waals surface area contributed by atoms with E-state index in [0.29, 0.717) is 22.8 Å². The maximum Gasteiger partial charge on any atom is 0.274 e. The monoisotopic (exact) mass is 317 g/mol. The number of amides is 2. The summed E-state index contributed by atoms with van der Waals surface area (Å²) in [6, 6.07) is 7.21. The Labute approximate surface area is 133 Å². The number of carbonyl (C=O) groups is 2. The van der Waals surface area contributed by atoms with Gasteiger partial charge in [0, 0.05) is 13.2 Å². The molecule has 2 aromatic rings. The van der Waals surface area contributed by atoms with Gasteiger partial charge in [0.2, 0.25) is 5.91 Å². The molecule has 1 unspecified atom stereocenters. The van der Waals surface area contributed by atoms with E-state index in [1.165, 1.54) is 4.90 Å². The molecule has 0 saturated heterocycles. The molecular weight excluding hydrogens is 302 g/mol. The van der Waals surface area contributed by atoms with Crippen LogP contribution >= 0.6 is 11.6 Å². The van der Waals surface area contributed by atoms with Gasteiger partial charge in [0.15, 0.2) is 0 Å². The molecular formula is C16H16ClN3O2. The van der Waals surface area contributed by atoms with E-state index >= 15 is 0 Å². The summed E-state index contributed by atoms with van der Waals surface area (Å²) in [6.45, 7) is 3.50. The highest BCUT2D eigenvalue weighted by Gasteiger charge is 2.34. The number of nitrogens with one attached hydrogen (secondary N) is 1. The minimum absolute atomic E-state index is 0.240. The zero-order chi connectivity index (χ0) is 16.0. The number of fused-ring (bicyclic) bond motifs is 2. The first-order valence-electron chi connectivity index (χ1n) is 6.96. The largest absolute Gasteiger partial charge is 0.345 e. The lowest BCUT2D eigenvalue weighted by molar-refractivity contribution is -0.117. The van der Waals surface area contributed by atoms with Crippen molar-refractivity contribution >= 4 is 40.5 Å². The number of halogens is 1. The van der Waals surface area contributed by atoms with Gasteiger partial charge in [0.05, 0.1) is 17.1 Å². The number of aromatic nitrogens is 1. The molecule has 2 amide bonds. The van der Waals surface area contributed by atoms with E-state index in [1.807, 2.05) is 25.3 Å². The van der Waals surface area contributed by atoms with Gasteiger partial charge in [-0.2, -0.15) is 0 Å². The lowest BCUT2D eigenvalue weighted by Gasteiger charge is -2.24. The van der Waals surface area contributed by atoms with Crippen LogP contribution in [0.4, 0.5) is 17.1 Å². The minimum Gasteiger partial charge on any atom is -0.345 e. The average Bonchev–Trinajstić information content (AvgIpc) is 2.68. The number of aryl methyl sites for hydroxylation is 2. The van der Waals surface area contributed by atoms with Gasteiger partial charge in [-0.1, -0.05) is 12.1 Å². The Morgan fingerprint density at radius 2 is 2.00 bits per heavy atom. The molecule has 3 rings (SSSR count). The van der Waals surface area contributed by atoms with Crippen molar-refractivity contribution in [2.24, 2.45) is 7.05 Å². The van der Waals surface area contributed by atoms with Gasteiger partial charge in [0.1, 0.15) is 11.1 Å². The fourth-order valence-corrected chi connectivity index (χ4v) is 2.90. The summed E-state index contributed by atoms with van der Waals surface area (Å²) >= 11 is 6.04. The molecule has 0 saturated carbocycles. The predicted octanol–water partition coefficient (Wildman–Crippen LogP) is 3.19. The molecule has 1 aromatic carbocycles. The first-order valence-corrected chi connectivity index (χ1v) is 7.39. The minimum atomic E-state index is -0.700. The summed E-state index contributed by atoms with van der Waals surface area (Å²) < 4.78 is 1.73. The Morgan fingerprint density at radius 1 is 1.32 bits per heavy atom. The van der Waals surface area contributed by atoms with Gasteiger partial charge < -0.3 is 9.88 Å². The van der Waals surface area contributed by atoms with E-state index in [2.05, 4.69) is 5.32 Å². The smallest absolute Gasteiger partial charge is 0.274 e. The zero-order valence-electron chi connectivity index (χ0n) is 12.6. The van der Waals surface area contributed by atoms with Crippen LogP contribution < -0.4 is 10.2 Å². The van der Waals surface area contributed by atoms with Gasteiger partial charge >= 0.3 is 0 Å². The Bertz CT molecular complexity index is 780. The van der Waals surface area contributed by atoms with E-state index in [1.54, 1.807) is 30.7 Å². The SMILES string of the molecule is Cc1cn(C)c2c1N(C(=O)C(C)Cl)c1ccccc1NC2=O. The molecule has 1 N–H and O–H groups in total. The zero-order valence-corrected chi connectivity index (χ0v) is 13.3. The Balaban J connectivity index is 2.34. The summed E-state index contributed by atoms with van der Waals surface area (Å²) in [4.78, 5) is 26.8. The second-order valence-corrected chi connectivity index (χ2v) is 6.04. The van der Waals surface area contributed by atoms with Crippen LogP contribution in [0, 0.1) is 6.92 Å². The van der Waals surface area contributed by atoms with Crippen LogP contribution in [-0.2, 0) is 11.8 Å². The van der Waals surface area contributed by atoms with Crippen molar-refractivity contribution in [1.82, 2.24) is 4.57 Å². The van der Waals surface area contributed by atoms with Crippen LogP contribution in [0.15, 0.2) is 30.5 Å². The summed E-state index contributed by atoms with van der Waals surface area (Å²) in [5, 5.41) is 2.16. The second-order valence-electron chi connectivity index (χ2n) is 5.38. The topological polar surface area (TPSA) is 54.3 Å². The third-order valence-electron chi connectivity index (χ3n) is 3.73. The number of carbonyl (C=O) groups excluding carboxylic acids is 2. The average molecular weight is 318 g/mol. The molecule has 0 spiro atoms. The van der Waals surface area contributed by atoms with Crippen LogP contribution in [0.5, 0.6) is 0 Å². The van der Waals surface area contributed by atoms with E-state index in [-0.39, 0.29) is 11.8 Å². The van der Waals surface area contributed by atoms with Crippen LogP contribution in [0.2, 0.25) is 0 Å². The normalized spacial score (nSPS) is 14.7. The van der Waals surface area contributed by atoms with Crippen molar-refractivity contribution in [3.63, 3.8) is 0 Å².